The smallest absolute Gasteiger partial charge is 0.314 e. The quantitative estimate of drug-likeness (QED) is 0.820. The van der Waals surface area contributed by atoms with Crippen molar-refractivity contribution in [1.29, 1.82) is 0 Å². The Balaban J connectivity index is 2.50. The van der Waals surface area contributed by atoms with Gasteiger partial charge in [0.2, 0.25) is 0 Å². The summed E-state index contributed by atoms with van der Waals surface area (Å²) >= 11 is 0. The molecule has 3 nitrogen and oxygen atoms in total. The monoisotopic (exact) mass is 232 g/mol. The third-order valence-electron chi connectivity index (χ3n) is 2.65. The Kier molecular flexibility index (Phi) is 4.76. The summed E-state index contributed by atoms with van der Waals surface area (Å²) in [5.74, 6) is 0.440. The molecule has 0 aliphatic heterocycles. The highest BCUT2D eigenvalue weighted by Gasteiger charge is 2.00. The third kappa shape index (κ3) is 4.72. The van der Waals surface area contributed by atoms with Crippen LogP contribution in [0.15, 0.2) is 36.0 Å². The van der Waals surface area contributed by atoms with Crippen molar-refractivity contribution in [3.8, 4) is 0 Å². The lowest BCUT2D eigenvalue weighted by Gasteiger charge is -2.07. The molecule has 0 bridgehead atoms. The van der Waals surface area contributed by atoms with Crippen LogP contribution >= 0.6 is 0 Å². The summed E-state index contributed by atoms with van der Waals surface area (Å²) in [7, 11) is 0. The van der Waals surface area contributed by atoms with E-state index < -0.39 is 0 Å². The molecule has 92 valence electrons. The molecule has 0 saturated carbocycles. The maximum atomic E-state index is 11.6. The van der Waals surface area contributed by atoms with E-state index in [9.17, 15) is 4.79 Å². The molecule has 1 aromatic rings. The summed E-state index contributed by atoms with van der Waals surface area (Å²) in [4.78, 5) is 11.6. The fraction of sp³-hybridized carbons (Fsp3) is 0.357. The van der Waals surface area contributed by atoms with Gasteiger partial charge in [0.1, 0.15) is 0 Å². The van der Waals surface area contributed by atoms with Crippen molar-refractivity contribution in [1.82, 2.24) is 5.32 Å². The lowest BCUT2D eigenvalue weighted by atomic mass is 10.1. The average molecular weight is 232 g/mol. The molecule has 0 atom stereocenters. The summed E-state index contributed by atoms with van der Waals surface area (Å²) < 4.78 is 0. The Morgan fingerprint density at radius 2 is 1.82 bits per heavy atom. The molecule has 3 heteroatoms. The van der Waals surface area contributed by atoms with Crippen molar-refractivity contribution in [3.05, 3.63) is 41.6 Å². The molecule has 0 unspecified atom stereocenters. The van der Waals surface area contributed by atoms with E-state index in [2.05, 4.69) is 24.5 Å². The van der Waals surface area contributed by atoms with E-state index in [0.717, 1.165) is 11.3 Å². The van der Waals surface area contributed by atoms with Gasteiger partial charge >= 0.3 is 6.03 Å². The molecule has 0 spiro atoms. The van der Waals surface area contributed by atoms with Gasteiger partial charge in [-0.15, -0.1) is 0 Å². The van der Waals surface area contributed by atoms with Crippen molar-refractivity contribution in [2.45, 2.75) is 27.7 Å². The average Bonchev–Trinajstić information content (AvgIpc) is 2.29. The van der Waals surface area contributed by atoms with Gasteiger partial charge in [-0.25, -0.2) is 4.79 Å². The number of amides is 2. The predicted octanol–water partition coefficient (Wildman–Crippen LogP) is 3.68. The van der Waals surface area contributed by atoms with Crippen molar-refractivity contribution in [3.63, 3.8) is 0 Å². The van der Waals surface area contributed by atoms with Crippen molar-refractivity contribution in [2.24, 2.45) is 5.92 Å². The molecule has 0 aliphatic carbocycles. The highest BCUT2D eigenvalue weighted by molar-refractivity contribution is 5.89. The highest BCUT2D eigenvalue weighted by Crippen LogP contribution is 2.09. The minimum Gasteiger partial charge on any atom is -0.314 e. The van der Waals surface area contributed by atoms with Crippen LogP contribution in [0.2, 0.25) is 0 Å². The van der Waals surface area contributed by atoms with Crippen molar-refractivity contribution < 1.29 is 4.79 Å². The predicted molar refractivity (Wildman–Crippen MR) is 71.9 cm³/mol. The number of hydrogen-bond donors (Lipinski definition) is 2. The first kappa shape index (κ1) is 13.3. The molecular formula is C14H20N2O. The van der Waals surface area contributed by atoms with Gasteiger partial charge in [-0.05, 0) is 31.9 Å². The number of urea groups is 1. The van der Waals surface area contributed by atoms with Gasteiger partial charge in [-0.1, -0.05) is 37.1 Å². The summed E-state index contributed by atoms with van der Waals surface area (Å²) in [6.45, 7) is 8.19. The van der Waals surface area contributed by atoms with E-state index in [0.29, 0.717) is 5.92 Å². The van der Waals surface area contributed by atoms with Gasteiger partial charge in [0.15, 0.2) is 0 Å². The van der Waals surface area contributed by atoms with Crippen molar-refractivity contribution >= 4 is 11.7 Å². The Hall–Kier alpha value is -1.77. The summed E-state index contributed by atoms with van der Waals surface area (Å²) in [5.41, 5.74) is 3.11. The molecule has 2 amide bonds. The van der Waals surface area contributed by atoms with E-state index >= 15 is 0 Å². The molecular weight excluding hydrogens is 212 g/mol. The number of benzene rings is 1. The first-order valence-corrected chi connectivity index (χ1v) is 5.80. The minimum absolute atomic E-state index is 0.214. The minimum atomic E-state index is -0.214. The highest BCUT2D eigenvalue weighted by atomic mass is 16.2. The molecule has 0 aliphatic rings. The Morgan fingerprint density at radius 1 is 1.24 bits per heavy atom. The Labute approximate surface area is 103 Å². The zero-order chi connectivity index (χ0) is 12.8. The SMILES string of the molecule is C/C(=C\NC(=O)Nc1ccc(C)cc1)C(C)C. The van der Waals surface area contributed by atoms with Crippen LogP contribution in [0, 0.1) is 12.8 Å². The number of anilines is 1. The molecule has 0 heterocycles. The van der Waals surface area contributed by atoms with Crippen LogP contribution in [-0.4, -0.2) is 6.03 Å². The lowest BCUT2D eigenvalue weighted by Crippen LogP contribution is -2.24. The van der Waals surface area contributed by atoms with Crippen LogP contribution < -0.4 is 10.6 Å². The maximum absolute atomic E-state index is 11.6. The Morgan fingerprint density at radius 3 is 2.35 bits per heavy atom. The van der Waals surface area contributed by atoms with E-state index in [1.54, 1.807) is 6.20 Å². The molecule has 1 rings (SSSR count). The summed E-state index contributed by atoms with van der Waals surface area (Å²) in [6.07, 6.45) is 1.74. The number of rotatable bonds is 3. The molecule has 17 heavy (non-hydrogen) atoms. The Bertz CT molecular complexity index is 405. The zero-order valence-electron chi connectivity index (χ0n) is 10.9. The normalized spacial score (nSPS) is 11.5. The molecule has 0 aromatic heterocycles. The fourth-order valence-electron chi connectivity index (χ4n) is 1.15. The van der Waals surface area contributed by atoms with Gasteiger partial charge < -0.3 is 10.6 Å². The second kappa shape index (κ2) is 6.09. The lowest BCUT2D eigenvalue weighted by molar-refractivity contribution is 0.255. The van der Waals surface area contributed by atoms with Crippen LogP contribution in [0.25, 0.3) is 0 Å². The molecule has 2 N–H and O–H groups in total. The zero-order valence-corrected chi connectivity index (χ0v) is 10.9. The standard InChI is InChI=1S/C14H20N2O/c1-10(2)12(4)9-15-14(17)16-13-7-5-11(3)6-8-13/h5-10H,1-4H3,(H2,15,16,17)/b12-9+. The van der Waals surface area contributed by atoms with Crippen LogP contribution in [0.1, 0.15) is 26.3 Å². The van der Waals surface area contributed by atoms with Crippen LogP contribution in [-0.2, 0) is 0 Å². The summed E-state index contributed by atoms with van der Waals surface area (Å²) in [5, 5.41) is 5.48. The number of nitrogens with one attached hydrogen (secondary N) is 2. The third-order valence-corrected chi connectivity index (χ3v) is 2.65. The van der Waals surface area contributed by atoms with Gasteiger partial charge in [-0.3, -0.25) is 0 Å². The number of carbonyl (C=O) groups excluding carboxylic acids is 1. The van der Waals surface area contributed by atoms with Gasteiger partial charge in [0.05, 0.1) is 0 Å². The second-order valence-electron chi connectivity index (χ2n) is 4.51. The molecule has 0 radical (unpaired) electrons. The van der Waals surface area contributed by atoms with E-state index in [1.165, 1.54) is 5.56 Å². The van der Waals surface area contributed by atoms with Crippen molar-refractivity contribution in [2.75, 3.05) is 5.32 Å². The topological polar surface area (TPSA) is 41.1 Å². The fourth-order valence-corrected chi connectivity index (χ4v) is 1.15. The van der Waals surface area contributed by atoms with Crippen LogP contribution in [0.5, 0.6) is 0 Å². The molecule has 0 fully saturated rings. The largest absolute Gasteiger partial charge is 0.323 e. The van der Waals surface area contributed by atoms with Crippen LogP contribution in [0.4, 0.5) is 10.5 Å². The first-order valence-electron chi connectivity index (χ1n) is 5.80. The maximum Gasteiger partial charge on any atom is 0.323 e. The van der Waals surface area contributed by atoms with Gasteiger partial charge in [0, 0.05) is 11.9 Å². The van der Waals surface area contributed by atoms with E-state index in [1.807, 2.05) is 38.1 Å². The number of hydrogen-bond acceptors (Lipinski definition) is 1. The van der Waals surface area contributed by atoms with Gasteiger partial charge in [0.25, 0.3) is 0 Å². The van der Waals surface area contributed by atoms with E-state index in [4.69, 9.17) is 0 Å². The number of aryl methyl sites for hydroxylation is 1. The molecule has 1 aromatic carbocycles. The molecule has 0 saturated heterocycles. The number of allylic oxidation sites excluding steroid dienone is 1. The summed E-state index contributed by atoms with van der Waals surface area (Å²) in [6, 6.07) is 7.48. The van der Waals surface area contributed by atoms with Gasteiger partial charge in [-0.2, -0.15) is 0 Å². The second-order valence-corrected chi connectivity index (χ2v) is 4.51. The number of carbonyl (C=O) groups is 1. The van der Waals surface area contributed by atoms with E-state index in [-0.39, 0.29) is 6.03 Å². The first-order chi connectivity index (χ1) is 7.99. The van der Waals surface area contributed by atoms with Crippen LogP contribution in [0.3, 0.4) is 0 Å².